The van der Waals surface area contributed by atoms with Crippen molar-refractivity contribution in [3.8, 4) is 0 Å². The van der Waals surface area contributed by atoms with Crippen molar-refractivity contribution < 1.29 is 4.79 Å². The number of nitrogens with one attached hydrogen (secondary N) is 2. The van der Waals surface area contributed by atoms with Gasteiger partial charge >= 0.3 is 0 Å². The maximum absolute atomic E-state index is 12.3. The van der Waals surface area contributed by atoms with Gasteiger partial charge < -0.3 is 10.6 Å². The summed E-state index contributed by atoms with van der Waals surface area (Å²) in [6, 6.07) is 2.46. The molecule has 1 fully saturated rings. The number of fused-ring (bicyclic) bond motifs is 1. The van der Waals surface area contributed by atoms with Crippen LogP contribution in [0.5, 0.6) is 0 Å². The second-order valence-electron chi connectivity index (χ2n) is 6.51. The third-order valence-electron chi connectivity index (χ3n) is 4.54. The topological polar surface area (TPSA) is 66.9 Å². The first-order valence-corrected chi connectivity index (χ1v) is 9.77. The van der Waals surface area contributed by atoms with E-state index in [1.807, 2.05) is 6.92 Å². The summed E-state index contributed by atoms with van der Waals surface area (Å²) in [5.41, 5.74) is 0. The molecule has 3 rings (SSSR count). The van der Waals surface area contributed by atoms with E-state index in [-0.39, 0.29) is 12.5 Å². The van der Waals surface area contributed by atoms with Crippen LogP contribution in [0.4, 0.5) is 5.82 Å². The van der Waals surface area contributed by atoms with E-state index in [1.54, 1.807) is 11.3 Å². The SMILES string of the molecule is CCc1cc2c(NCC(=O)NC3CCCCCC3)nc(C)nc2s1. The molecule has 0 radical (unpaired) electrons. The summed E-state index contributed by atoms with van der Waals surface area (Å²) in [5.74, 6) is 1.56. The third kappa shape index (κ3) is 4.23. The van der Waals surface area contributed by atoms with Gasteiger partial charge in [-0.2, -0.15) is 0 Å². The molecule has 2 N–H and O–H groups in total. The van der Waals surface area contributed by atoms with E-state index in [0.29, 0.717) is 6.04 Å². The number of aryl methyl sites for hydroxylation is 2. The predicted octanol–water partition coefficient (Wildman–Crippen LogP) is 3.81. The van der Waals surface area contributed by atoms with Gasteiger partial charge in [0.1, 0.15) is 16.5 Å². The Morgan fingerprint density at radius 1 is 1.25 bits per heavy atom. The van der Waals surface area contributed by atoms with Crippen molar-refractivity contribution in [2.24, 2.45) is 0 Å². The van der Waals surface area contributed by atoms with Crippen LogP contribution in [-0.2, 0) is 11.2 Å². The smallest absolute Gasteiger partial charge is 0.239 e. The van der Waals surface area contributed by atoms with Crippen molar-refractivity contribution in [1.82, 2.24) is 15.3 Å². The second-order valence-corrected chi connectivity index (χ2v) is 7.63. The number of aromatic nitrogens is 2. The summed E-state index contributed by atoms with van der Waals surface area (Å²) in [5, 5.41) is 7.40. The Kier molecular flexibility index (Phi) is 5.66. The zero-order valence-corrected chi connectivity index (χ0v) is 15.3. The molecule has 2 heterocycles. The van der Waals surface area contributed by atoms with Crippen LogP contribution >= 0.6 is 11.3 Å². The first-order chi connectivity index (χ1) is 11.7. The van der Waals surface area contributed by atoms with Gasteiger partial charge in [-0.15, -0.1) is 11.3 Å². The lowest BCUT2D eigenvalue weighted by molar-refractivity contribution is -0.120. The largest absolute Gasteiger partial charge is 0.360 e. The predicted molar refractivity (Wildman–Crippen MR) is 99.7 cm³/mol. The van der Waals surface area contributed by atoms with Crippen LogP contribution in [0.2, 0.25) is 0 Å². The van der Waals surface area contributed by atoms with Crippen molar-refractivity contribution in [2.45, 2.75) is 64.8 Å². The Morgan fingerprint density at radius 2 is 2.00 bits per heavy atom. The van der Waals surface area contributed by atoms with Gasteiger partial charge in [-0.3, -0.25) is 4.79 Å². The Balaban J connectivity index is 1.64. The number of thiophene rings is 1. The summed E-state index contributed by atoms with van der Waals surface area (Å²) in [6.45, 7) is 4.29. The highest BCUT2D eigenvalue weighted by Gasteiger charge is 2.15. The van der Waals surface area contributed by atoms with Crippen LogP contribution in [0, 0.1) is 6.92 Å². The van der Waals surface area contributed by atoms with Gasteiger partial charge in [-0.25, -0.2) is 9.97 Å². The maximum atomic E-state index is 12.3. The molecular formula is C18H26N4OS. The monoisotopic (exact) mass is 346 g/mol. The van der Waals surface area contributed by atoms with Crippen LogP contribution in [0.15, 0.2) is 6.07 Å². The van der Waals surface area contributed by atoms with E-state index in [0.717, 1.165) is 41.1 Å². The van der Waals surface area contributed by atoms with E-state index in [4.69, 9.17) is 0 Å². The van der Waals surface area contributed by atoms with Gasteiger partial charge in [-0.1, -0.05) is 32.6 Å². The fourth-order valence-electron chi connectivity index (χ4n) is 3.25. The minimum absolute atomic E-state index is 0.0530. The van der Waals surface area contributed by atoms with Crippen molar-refractivity contribution >= 4 is 33.3 Å². The summed E-state index contributed by atoms with van der Waals surface area (Å²) < 4.78 is 0. The molecule has 6 heteroatoms. The molecule has 5 nitrogen and oxygen atoms in total. The minimum Gasteiger partial charge on any atom is -0.360 e. The molecule has 2 aromatic rings. The van der Waals surface area contributed by atoms with Crippen molar-refractivity contribution in [3.63, 3.8) is 0 Å². The molecule has 1 saturated carbocycles. The summed E-state index contributed by atoms with van der Waals surface area (Å²) >= 11 is 1.70. The lowest BCUT2D eigenvalue weighted by Crippen LogP contribution is -2.38. The number of carbonyl (C=O) groups is 1. The van der Waals surface area contributed by atoms with E-state index in [2.05, 4.69) is 33.6 Å². The summed E-state index contributed by atoms with van der Waals surface area (Å²) in [4.78, 5) is 23.5. The highest BCUT2D eigenvalue weighted by atomic mass is 32.1. The van der Waals surface area contributed by atoms with Crippen LogP contribution in [0.1, 0.15) is 56.2 Å². The molecule has 130 valence electrons. The Morgan fingerprint density at radius 3 is 2.71 bits per heavy atom. The van der Waals surface area contributed by atoms with Crippen LogP contribution in [0.3, 0.4) is 0 Å². The number of carbonyl (C=O) groups excluding carboxylic acids is 1. The third-order valence-corrected chi connectivity index (χ3v) is 5.71. The molecule has 24 heavy (non-hydrogen) atoms. The lowest BCUT2D eigenvalue weighted by Gasteiger charge is -2.16. The normalized spacial score (nSPS) is 16.1. The standard InChI is InChI=1S/C18H26N4OS/c1-3-14-10-15-17(20-12(2)21-18(15)24-14)19-11-16(23)22-13-8-6-4-5-7-9-13/h10,13H,3-9,11H2,1-2H3,(H,22,23)(H,19,20,21). The highest BCUT2D eigenvalue weighted by Crippen LogP contribution is 2.29. The lowest BCUT2D eigenvalue weighted by atomic mass is 10.1. The number of hydrogen-bond donors (Lipinski definition) is 2. The number of hydrogen-bond acceptors (Lipinski definition) is 5. The summed E-state index contributed by atoms with van der Waals surface area (Å²) in [6.07, 6.45) is 8.22. The molecule has 0 spiro atoms. The van der Waals surface area contributed by atoms with E-state index >= 15 is 0 Å². The molecule has 0 saturated heterocycles. The maximum Gasteiger partial charge on any atom is 0.239 e. The molecule has 0 atom stereocenters. The fraction of sp³-hybridized carbons (Fsp3) is 0.611. The molecule has 2 aromatic heterocycles. The minimum atomic E-state index is 0.0530. The Bertz CT molecular complexity index is 704. The number of amides is 1. The molecule has 1 aliphatic rings. The van der Waals surface area contributed by atoms with Gasteiger partial charge in [-0.05, 0) is 32.3 Å². The van der Waals surface area contributed by atoms with Gasteiger partial charge in [0, 0.05) is 10.9 Å². The molecule has 1 amide bonds. The molecule has 1 aliphatic carbocycles. The van der Waals surface area contributed by atoms with Gasteiger partial charge in [0.15, 0.2) is 0 Å². The van der Waals surface area contributed by atoms with Crippen LogP contribution in [0.25, 0.3) is 10.2 Å². The second kappa shape index (κ2) is 7.92. The van der Waals surface area contributed by atoms with E-state index in [9.17, 15) is 4.79 Å². The Hall–Kier alpha value is -1.69. The van der Waals surface area contributed by atoms with Crippen LogP contribution in [-0.4, -0.2) is 28.5 Å². The van der Waals surface area contributed by atoms with Gasteiger partial charge in [0.05, 0.1) is 11.9 Å². The first kappa shape index (κ1) is 17.1. The molecule has 0 aliphatic heterocycles. The number of anilines is 1. The zero-order chi connectivity index (χ0) is 16.9. The molecule has 0 unspecified atom stereocenters. The van der Waals surface area contributed by atoms with Crippen molar-refractivity contribution in [2.75, 3.05) is 11.9 Å². The van der Waals surface area contributed by atoms with Crippen molar-refractivity contribution in [3.05, 3.63) is 16.8 Å². The summed E-state index contributed by atoms with van der Waals surface area (Å²) in [7, 11) is 0. The fourth-order valence-corrected chi connectivity index (χ4v) is 4.27. The number of nitrogens with zero attached hydrogens (tertiary/aromatic N) is 2. The zero-order valence-electron chi connectivity index (χ0n) is 14.5. The average molecular weight is 346 g/mol. The van der Waals surface area contributed by atoms with Crippen LogP contribution < -0.4 is 10.6 Å². The highest BCUT2D eigenvalue weighted by molar-refractivity contribution is 7.18. The molecule has 0 bridgehead atoms. The molecule has 0 aromatic carbocycles. The van der Waals surface area contributed by atoms with Crippen molar-refractivity contribution in [1.29, 1.82) is 0 Å². The van der Waals surface area contributed by atoms with Gasteiger partial charge in [0.25, 0.3) is 0 Å². The first-order valence-electron chi connectivity index (χ1n) is 8.96. The average Bonchev–Trinajstić information content (AvgIpc) is 2.81. The molecular weight excluding hydrogens is 320 g/mol. The quantitative estimate of drug-likeness (QED) is 0.808. The number of rotatable bonds is 5. The van der Waals surface area contributed by atoms with E-state index in [1.165, 1.54) is 30.6 Å². The van der Waals surface area contributed by atoms with Gasteiger partial charge in [0.2, 0.25) is 5.91 Å². The Labute approximate surface area is 147 Å². The van der Waals surface area contributed by atoms with E-state index < -0.39 is 0 Å².